The van der Waals surface area contributed by atoms with Crippen LogP contribution < -0.4 is 0 Å². The fourth-order valence-corrected chi connectivity index (χ4v) is 5.61. The van der Waals surface area contributed by atoms with Gasteiger partial charge >= 0.3 is 0 Å². The van der Waals surface area contributed by atoms with E-state index in [1.165, 1.54) is 0 Å². The summed E-state index contributed by atoms with van der Waals surface area (Å²) in [6.07, 6.45) is 0.562. The van der Waals surface area contributed by atoms with Crippen molar-refractivity contribution in [3.05, 3.63) is 68.8 Å². The molecule has 5 rings (SSSR count). The second-order valence-corrected chi connectivity index (χ2v) is 9.32. The minimum atomic E-state index is -0.516. The number of carbonyl (C=O) groups excluding carboxylic acids is 4. The van der Waals surface area contributed by atoms with Gasteiger partial charge in [0.05, 0.1) is 0 Å². The summed E-state index contributed by atoms with van der Waals surface area (Å²) in [4.78, 5) is 53.3. The van der Waals surface area contributed by atoms with Crippen LogP contribution in [0.3, 0.4) is 0 Å². The van der Waals surface area contributed by atoms with Gasteiger partial charge in [0, 0.05) is 45.9 Å². The first-order chi connectivity index (χ1) is 14.2. The Balaban J connectivity index is 1.59. The van der Waals surface area contributed by atoms with Gasteiger partial charge in [-0.15, -0.1) is 0 Å². The number of hydrogen-bond acceptors (Lipinski definition) is 4. The monoisotopic (exact) mass is 400 g/mol. The summed E-state index contributed by atoms with van der Waals surface area (Å²) in [5.41, 5.74) is 5.81. The predicted octanol–water partition coefficient (Wildman–Crippen LogP) is 4.64. The van der Waals surface area contributed by atoms with E-state index in [2.05, 4.69) is 0 Å². The quantitative estimate of drug-likeness (QED) is 0.646. The molecular weight excluding hydrogens is 376 g/mol. The van der Waals surface area contributed by atoms with E-state index in [0.717, 1.165) is 22.3 Å². The van der Waals surface area contributed by atoms with Crippen molar-refractivity contribution in [1.29, 1.82) is 0 Å². The van der Waals surface area contributed by atoms with Crippen LogP contribution in [-0.4, -0.2) is 23.1 Å². The molecule has 2 aromatic carbocycles. The molecule has 4 unspecified atom stereocenters. The van der Waals surface area contributed by atoms with Gasteiger partial charge in [0.1, 0.15) is 0 Å². The zero-order chi connectivity index (χ0) is 21.5. The third-order valence-corrected chi connectivity index (χ3v) is 7.66. The van der Waals surface area contributed by atoms with Gasteiger partial charge in [-0.25, -0.2) is 0 Å². The number of benzene rings is 2. The highest BCUT2D eigenvalue weighted by Gasteiger charge is 2.53. The lowest BCUT2D eigenvalue weighted by atomic mass is 9.57. The Morgan fingerprint density at radius 1 is 0.467 bits per heavy atom. The second-order valence-electron chi connectivity index (χ2n) is 9.32. The van der Waals surface area contributed by atoms with Crippen LogP contribution >= 0.6 is 0 Å². The average molecular weight is 400 g/mol. The van der Waals surface area contributed by atoms with Gasteiger partial charge in [-0.2, -0.15) is 0 Å². The maximum Gasteiger partial charge on any atom is 0.167 e. The van der Waals surface area contributed by atoms with Crippen molar-refractivity contribution in [3.63, 3.8) is 0 Å². The van der Waals surface area contributed by atoms with Crippen LogP contribution in [0.4, 0.5) is 0 Å². The van der Waals surface area contributed by atoms with Gasteiger partial charge in [0.15, 0.2) is 23.1 Å². The van der Waals surface area contributed by atoms with Crippen molar-refractivity contribution in [1.82, 2.24) is 0 Å². The van der Waals surface area contributed by atoms with Crippen LogP contribution in [0.25, 0.3) is 0 Å². The second kappa shape index (κ2) is 6.31. The van der Waals surface area contributed by atoms with Crippen LogP contribution in [0.2, 0.25) is 0 Å². The minimum absolute atomic E-state index is 0.0534. The number of aryl methyl sites for hydroxylation is 4. The molecule has 3 aliphatic carbocycles. The van der Waals surface area contributed by atoms with Gasteiger partial charge in [-0.05, 0) is 87.1 Å². The first-order valence-electron chi connectivity index (χ1n) is 10.6. The first-order valence-corrected chi connectivity index (χ1v) is 10.6. The van der Waals surface area contributed by atoms with Gasteiger partial charge in [-0.1, -0.05) is 0 Å². The molecule has 0 heterocycles. The van der Waals surface area contributed by atoms with Gasteiger partial charge in [0.2, 0.25) is 0 Å². The van der Waals surface area contributed by atoms with Crippen molar-refractivity contribution in [2.45, 2.75) is 40.5 Å². The number of hydrogen-bond donors (Lipinski definition) is 0. The Kier molecular flexibility index (Phi) is 4.02. The summed E-state index contributed by atoms with van der Waals surface area (Å²) in [7, 11) is 0. The van der Waals surface area contributed by atoms with E-state index in [9.17, 15) is 19.2 Å². The molecule has 0 radical (unpaired) electrons. The summed E-state index contributed by atoms with van der Waals surface area (Å²) < 4.78 is 0. The third-order valence-electron chi connectivity index (χ3n) is 7.66. The van der Waals surface area contributed by atoms with E-state index in [-0.39, 0.29) is 36.0 Å². The summed E-state index contributed by atoms with van der Waals surface area (Å²) in [6, 6.07) is 7.23. The van der Waals surface area contributed by atoms with Crippen LogP contribution in [0.1, 0.15) is 76.5 Å². The van der Waals surface area contributed by atoms with Crippen LogP contribution in [-0.2, 0) is 0 Å². The highest BCUT2D eigenvalue weighted by Crippen LogP contribution is 2.49. The van der Waals surface area contributed by atoms with Crippen LogP contribution in [0.5, 0.6) is 0 Å². The van der Waals surface area contributed by atoms with Crippen molar-refractivity contribution in [2.75, 3.05) is 0 Å². The predicted molar refractivity (Wildman–Crippen MR) is 112 cm³/mol. The molecule has 0 N–H and O–H groups in total. The van der Waals surface area contributed by atoms with E-state index in [4.69, 9.17) is 0 Å². The fraction of sp³-hybridized carbons (Fsp3) is 0.385. The molecule has 0 aromatic heterocycles. The number of Topliss-reactive ketones (excluding diaryl/α,β-unsaturated/α-hetero) is 4. The fourth-order valence-electron chi connectivity index (χ4n) is 5.61. The number of ketones is 4. The lowest BCUT2D eigenvalue weighted by Gasteiger charge is -2.43. The Morgan fingerprint density at radius 3 is 0.867 bits per heavy atom. The Bertz CT molecular complexity index is 1000. The molecule has 0 spiro atoms. The van der Waals surface area contributed by atoms with Crippen molar-refractivity contribution < 1.29 is 19.2 Å². The smallest absolute Gasteiger partial charge is 0.167 e. The first kappa shape index (κ1) is 19.1. The van der Waals surface area contributed by atoms with Gasteiger partial charge < -0.3 is 0 Å². The molecule has 4 atom stereocenters. The molecule has 2 aromatic rings. The Hall–Kier alpha value is -2.88. The topological polar surface area (TPSA) is 68.3 Å². The molecule has 4 heteroatoms. The standard InChI is InChI=1S/C26H24O4/c1-11-5-15-16(6-12(11)2)24(28)20-10-22-21(9-19(20)23(15)27)25(29)17-7-13(3)14(4)8-18(17)26(22)30/h5-8,19-22H,9-10H2,1-4H3. The minimum Gasteiger partial charge on any atom is -0.294 e. The zero-order valence-corrected chi connectivity index (χ0v) is 17.7. The maximum absolute atomic E-state index is 13.3. The molecule has 4 nitrogen and oxygen atoms in total. The van der Waals surface area contributed by atoms with Crippen LogP contribution in [0, 0.1) is 51.4 Å². The average Bonchev–Trinajstić information content (AvgIpc) is 2.72. The third kappa shape index (κ3) is 2.46. The zero-order valence-electron chi connectivity index (χ0n) is 17.7. The van der Waals surface area contributed by atoms with E-state index in [1.54, 1.807) is 0 Å². The summed E-state index contributed by atoms with van der Waals surface area (Å²) in [5.74, 6) is -2.28. The highest BCUT2D eigenvalue weighted by atomic mass is 16.2. The van der Waals surface area contributed by atoms with Crippen LogP contribution in [0.15, 0.2) is 24.3 Å². The lowest BCUT2D eigenvalue weighted by molar-refractivity contribution is 0.0438. The van der Waals surface area contributed by atoms with Gasteiger partial charge in [-0.3, -0.25) is 19.2 Å². The molecule has 1 saturated carbocycles. The number of carbonyl (C=O) groups is 4. The lowest BCUT2D eigenvalue weighted by Crippen LogP contribution is -2.49. The number of rotatable bonds is 0. The van der Waals surface area contributed by atoms with Crippen molar-refractivity contribution in [3.8, 4) is 0 Å². The van der Waals surface area contributed by atoms with Gasteiger partial charge in [0.25, 0.3) is 0 Å². The molecule has 30 heavy (non-hydrogen) atoms. The Labute approximate surface area is 175 Å². The van der Waals surface area contributed by atoms with Crippen molar-refractivity contribution in [2.24, 2.45) is 23.7 Å². The number of fused-ring (bicyclic) bond motifs is 4. The molecule has 0 saturated heterocycles. The highest BCUT2D eigenvalue weighted by molar-refractivity contribution is 6.19. The molecule has 3 aliphatic rings. The van der Waals surface area contributed by atoms with E-state index in [0.29, 0.717) is 22.3 Å². The van der Waals surface area contributed by atoms with E-state index in [1.807, 2.05) is 52.0 Å². The van der Waals surface area contributed by atoms with Crippen molar-refractivity contribution >= 4 is 23.1 Å². The molecule has 0 bridgehead atoms. The SMILES string of the molecule is Cc1cc2c(cc1C)C(=O)C1CC3C(=O)c4cc(C)c(C)cc4C(=O)C3CC1C2=O. The normalized spacial score (nSPS) is 27.3. The van der Waals surface area contributed by atoms with E-state index >= 15 is 0 Å². The van der Waals surface area contributed by atoms with E-state index < -0.39 is 23.7 Å². The largest absolute Gasteiger partial charge is 0.294 e. The Morgan fingerprint density at radius 2 is 0.667 bits per heavy atom. The molecule has 152 valence electrons. The molecule has 1 fully saturated rings. The maximum atomic E-state index is 13.3. The molecule has 0 amide bonds. The summed E-state index contributed by atoms with van der Waals surface area (Å²) in [6.45, 7) is 7.73. The molecular formula is C26H24O4. The summed E-state index contributed by atoms with van der Waals surface area (Å²) >= 11 is 0. The molecule has 0 aliphatic heterocycles. The summed E-state index contributed by atoms with van der Waals surface area (Å²) in [5, 5.41) is 0.